The van der Waals surface area contributed by atoms with E-state index in [2.05, 4.69) is 21.5 Å². The average Bonchev–Trinajstić information content (AvgIpc) is 3.09. The summed E-state index contributed by atoms with van der Waals surface area (Å²) in [6.45, 7) is 2.16. The molecule has 2 fully saturated rings. The van der Waals surface area contributed by atoms with Crippen LogP contribution < -0.4 is 10.4 Å². The van der Waals surface area contributed by atoms with Crippen LogP contribution in [0.5, 0.6) is 0 Å². The van der Waals surface area contributed by atoms with Crippen LogP contribution in [-0.2, 0) is 16.6 Å². The third-order valence-electron chi connectivity index (χ3n) is 4.58. The molecular weight excluding hydrogens is 276 g/mol. The fourth-order valence-corrected chi connectivity index (χ4v) is 5.13. The third kappa shape index (κ3) is 1.96. The van der Waals surface area contributed by atoms with E-state index in [1.807, 2.05) is 6.20 Å². The summed E-state index contributed by atoms with van der Waals surface area (Å²) in [5, 5.41) is 2.11. The molecule has 1 aromatic heterocycles. The SMILES string of the molecule is O=S(=O)(C1CC1)N1CCC(N2NCc3cc[nH]c32)CC1. The molecule has 1 saturated carbocycles. The zero-order valence-electron chi connectivity index (χ0n) is 11.4. The molecule has 0 atom stereocenters. The number of piperidine rings is 1. The third-order valence-corrected chi connectivity index (χ3v) is 6.98. The van der Waals surface area contributed by atoms with Crippen molar-refractivity contribution in [3.05, 3.63) is 17.8 Å². The van der Waals surface area contributed by atoms with Gasteiger partial charge in [-0.05, 0) is 31.7 Å². The molecule has 1 aromatic rings. The van der Waals surface area contributed by atoms with Gasteiger partial charge < -0.3 is 4.98 Å². The average molecular weight is 296 g/mol. The summed E-state index contributed by atoms with van der Waals surface area (Å²) in [6, 6.07) is 2.47. The Kier molecular flexibility index (Phi) is 2.84. The standard InChI is InChI=1S/C13H20N4O2S/c18-20(19,12-1-2-12)16-7-4-11(5-8-16)17-13-10(9-15-17)3-6-14-13/h3,6,11-12,14-15H,1-2,4-5,7-9H2. The second-order valence-corrected chi connectivity index (χ2v) is 8.14. The molecular formula is C13H20N4O2S. The topological polar surface area (TPSA) is 68.4 Å². The Morgan fingerprint density at radius 3 is 2.60 bits per heavy atom. The molecule has 1 aliphatic carbocycles. The quantitative estimate of drug-likeness (QED) is 0.865. The van der Waals surface area contributed by atoms with E-state index in [9.17, 15) is 8.42 Å². The predicted octanol–water partition coefficient (Wildman–Crippen LogP) is 0.796. The number of rotatable bonds is 3. The van der Waals surface area contributed by atoms with E-state index in [0.717, 1.165) is 38.0 Å². The second-order valence-electron chi connectivity index (χ2n) is 5.93. The van der Waals surface area contributed by atoms with E-state index in [0.29, 0.717) is 19.1 Å². The van der Waals surface area contributed by atoms with Gasteiger partial charge in [-0.25, -0.2) is 18.1 Å². The number of aromatic amines is 1. The number of hydrazine groups is 1. The van der Waals surface area contributed by atoms with E-state index in [1.54, 1.807) is 4.31 Å². The highest BCUT2D eigenvalue weighted by atomic mass is 32.2. The smallest absolute Gasteiger partial charge is 0.216 e. The number of H-pyrrole nitrogens is 1. The Hall–Kier alpha value is -1.05. The molecule has 0 amide bonds. The van der Waals surface area contributed by atoms with Crippen LogP contribution in [-0.4, -0.2) is 42.1 Å². The van der Waals surface area contributed by atoms with E-state index in [-0.39, 0.29) is 5.25 Å². The fraction of sp³-hybridized carbons (Fsp3) is 0.692. The lowest BCUT2D eigenvalue weighted by Gasteiger charge is -2.36. The van der Waals surface area contributed by atoms with Crippen molar-refractivity contribution in [3.63, 3.8) is 0 Å². The van der Waals surface area contributed by atoms with Gasteiger partial charge in [0.2, 0.25) is 10.0 Å². The minimum absolute atomic E-state index is 0.0843. The maximum absolute atomic E-state index is 12.2. The lowest BCUT2D eigenvalue weighted by atomic mass is 10.1. The molecule has 0 spiro atoms. The Balaban J connectivity index is 1.43. The predicted molar refractivity (Wildman–Crippen MR) is 76.6 cm³/mol. The van der Waals surface area contributed by atoms with Gasteiger partial charge in [-0.15, -0.1) is 0 Å². The number of fused-ring (bicyclic) bond motifs is 1. The summed E-state index contributed by atoms with van der Waals surface area (Å²) in [5.74, 6) is 1.15. The lowest BCUT2D eigenvalue weighted by Crippen LogP contribution is -2.50. The summed E-state index contributed by atoms with van der Waals surface area (Å²) >= 11 is 0. The van der Waals surface area contributed by atoms with Crippen LogP contribution in [0.4, 0.5) is 5.82 Å². The molecule has 2 aliphatic heterocycles. The fourth-order valence-electron chi connectivity index (χ4n) is 3.25. The second kappa shape index (κ2) is 4.47. The Morgan fingerprint density at radius 2 is 1.90 bits per heavy atom. The van der Waals surface area contributed by atoms with Crippen molar-refractivity contribution in [1.29, 1.82) is 0 Å². The Bertz CT molecular complexity index is 600. The van der Waals surface area contributed by atoms with Gasteiger partial charge in [-0.2, -0.15) is 0 Å². The molecule has 20 heavy (non-hydrogen) atoms. The summed E-state index contributed by atoms with van der Waals surface area (Å²) in [5.41, 5.74) is 4.68. The zero-order chi connectivity index (χ0) is 13.7. The van der Waals surface area contributed by atoms with Crippen molar-refractivity contribution in [1.82, 2.24) is 14.7 Å². The highest BCUT2D eigenvalue weighted by Gasteiger charge is 2.42. The first-order chi connectivity index (χ1) is 9.66. The summed E-state index contributed by atoms with van der Waals surface area (Å²) in [6.07, 6.45) is 5.43. The molecule has 110 valence electrons. The van der Waals surface area contributed by atoms with Crippen molar-refractivity contribution in [2.45, 2.75) is 43.5 Å². The van der Waals surface area contributed by atoms with E-state index in [4.69, 9.17) is 0 Å². The minimum Gasteiger partial charge on any atom is -0.347 e. The van der Waals surface area contributed by atoms with Gasteiger partial charge in [0.05, 0.1) is 5.25 Å². The van der Waals surface area contributed by atoms with E-state index < -0.39 is 10.0 Å². The van der Waals surface area contributed by atoms with Gasteiger partial charge in [-0.3, -0.25) is 5.01 Å². The zero-order valence-corrected chi connectivity index (χ0v) is 12.2. The molecule has 2 N–H and O–H groups in total. The molecule has 3 aliphatic rings. The first-order valence-corrected chi connectivity index (χ1v) is 8.84. The molecule has 0 unspecified atom stereocenters. The van der Waals surface area contributed by atoms with Crippen molar-refractivity contribution < 1.29 is 8.42 Å². The minimum atomic E-state index is -3.00. The van der Waals surface area contributed by atoms with Crippen molar-refractivity contribution in [2.24, 2.45) is 0 Å². The van der Waals surface area contributed by atoms with Crippen LogP contribution >= 0.6 is 0 Å². The van der Waals surface area contributed by atoms with Crippen LogP contribution in [0.25, 0.3) is 0 Å². The molecule has 3 heterocycles. The number of anilines is 1. The van der Waals surface area contributed by atoms with Gasteiger partial charge in [0.25, 0.3) is 0 Å². The van der Waals surface area contributed by atoms with Gasteiger partial charge >= 0.3 is 0 Å². The lowest BCUT2D eigenvalue weighted by molar-refractivity contribution is 0.301. The van der Waals surface area contributed by atoms with Crippen LogP contribution in [0.1, 0.15) is 31.2 Å². The van der Waals surface area contributed by atoms with Gasteiger partial charge in [-0.1, -0.05) is 0 Å². The molecule has 0 bridgehead atoms. The maximum Gasteiger partial charge on any atom is 0.216 e. The van der Waals surface area contributed by atoms with Crippen molar-refractivity contribution in [2.75, 3.05) is 18.1 Å². The molecule has 0 radical (unpaired) electrons. The van der Waals surface area contributed by atoms with Crippen LogP contribution in [0.3, 0.4) is 0 Å². The number of hydrogen-bond acceptors (Lipinski definition) is 4. The molecule has 6 nitrogen and oxygen atoms in total. The molecule has 0 aromatic carbocycles. The number of aromatic nitrogens is 1. The largest absolute Gasteiger partial charge is 0.347 e. The number of nitrogens with zero attached hydrogens (tertiary/aromatic N) is 2. The Morgan fingerprint density at radius 1 is 1.15 bits per heavy atom. The Labute approximate surface area is 119 Å². The maximum atomic E-state index is 12.2. The first kappa shape index (κ1) is 12.7. The number of hydrogen-bond donors (Lipinski definition) is 2. The normalized spacial score (nSPS) is 25.1. The summed E-state index contributed by atoms with van der Waals surface area (Å²) in [4.78, 5) is 3.27. The van der Waals surface area contributed by atoms with Gasteiger partial charge in [0, 0.05) is 37.4 Å². The first-order valence-electron chi connectivity index (χ1n) is 7.34. The summed E-state index contributed by atoms with van der Waals surface area (Å²) < 4.78 is 26.1. The van der Waals surface area contributed by atoms with Gasteiger partial charge in [0.1, 0.15) is 5.82 Å². The number of sulfonamides is 1. The number of nitrogens with one attached hydrogen (secondary N) is 2. The van der Waals surface area contributed by atoms with Crippen LogP contribution in [0, 0.1) is 0 Å². The van der Waals surface area contributed by atoms with Crippen LogP contribution in [0.15, 0.2) is 12.3 Å². The molecule has 7 heteroatoms. The molecule has 1 saturated heterocycles. The van der Waals surface area contributed by atoms with Gasteiger partial charge in [0.15, 0.2) is 0 Å². The highest BCUT2D eigenvalue weighted by Crippen LogP contribution is 2.34. The van der Waals surface area contributed by atoms with E-state index >= 15 is 0 Å². The van der Waals surface area contributed by atoms with Crippen molar-refractivity contribution >= 4 is 15.8 Å². The molecule has 4 rings (SSSR count). The van der Waals surface area contributed by atoms with Crippen LogP contribution in [0.2, 0.25) is 0 Å². The van der Waals surface area contributed by atoms with E-state index in [1.165, 1.54) is 5.56 Å². The van der Waals surface area contributed by atoms with Crippen molar-refractivity contribution in [3.8, 4) is 0 Å². The highest BCUT2D eigenvalue weighted by molar-refractivity contribution is 7.90. The monoisotopic (exact) mass is 296 g/mol. The summed E-state index contributed by atoms with van der Waals surface area (Å²) in [7, 11) is -3.00.